The zero-order chi connectivity index (χ0) is 26.5. The Hall–Kier alpha value is -4.31. The molecular weight excluding hydrogens is 484 g/mol. The average molecular weight is 510 g/mol. The van der Waals surface area contributed by atoms with Crippen LogP contribution in [-0.2, 0) is 16.1 Å². The van der Waals surface area contributed by atoms with E-state index in [-0.39, 0.29) is 42.9 Å². The summed E-state index contributed by atoms with van der Waals surface area (Å²) in [7, 11) is 0. The Bertz CT molecular complexity index is 1330. The number of carbonyl (C=O) groups excluding carboxylic acids is 2. The van der Waals surface area contributed by atoms with Gasteiger partial charge in [-0.25, -0.2) is 8.78 Å². The monoisotopic (exact) mass is 509 g/mol. The van der Waals surface area contributed by atoms with Crippen LogP contribution in [0.25, 0.3) is 11.1 Å². The fraction of sp³-hybridized carbons (Fsp3) is 0.222. The predicted molar refractivity (Wildman–Crippen MR) is 132 cm³/mol. The van der Waals surface area contributed by atoms with Crippen molar-refractivity contribution in [3.05, 3.63) is 83.4 Å². The number of carboxylic acids is 1. The highest BCUT2D eigenvalue weighted by molar-refractivity contribution is 6.10. The number of carbonyl (C=O) groups is 3. The molecular formula is C27H25F2N3O5. The Morgan fingerprint density at radius 3 is 2.41 bits per heavy atom. The molecule has 4 rings (SSSR count). The molecule has 0 aromatic heterocycles. The van der Waals surface area contributed by atoms with Gasteiger partial charge in [-0.1, -0.05) is 24.3 Å². The van der Waals surface area contributed by atoms with E-state index in [2.05, 4.69) is 0 Å². The SMILES string of the molecule is NCCOc1ccc(-c2ccc3c(c2)C(=O)N(CCC(=O)O)CC(=O)N3Cc2ccc(F)cc2F)cc1. The zero-order valence-corrected chi connectivity index (χ0v) is 19.8. The second-order valence-corrected chi connectivity index (χ2v) is 8.48. The van der Waals surface area contributed by atoms with Gasteiger partial charge >= 0.3 is 5.97 Å². The van der Waals surface area contributed by atoms with Crippen LogP contribution >= 0.6 is 0 Å². The van der Waals surface area contributed by atoms with Gasteiger partial charge in [0.05, 0.1) is 24.2 Å². The molecule has 0 bridgehead atoms. The summed E-state index contributed by atoms with van der Waals surface area (Å²) < 4.78 is 33.3. The van der Waals surface area contributed by atoms with Gasteiger partial charge in [-0.2, -0.15) is 0 Å². The highest BCUT2D eigenvalue weighted by Gasteiger charge is 2.32. The number of amides is 2. The van der Waals surface area contributed by atoms with Crippen LogP contribution in [0, 0.1) is 11.6 Å². The lowest BCUT2D eigenvalue weighted by atomic mass is 10.0. The highest BCUT2D eigenvalue weighted by Crippen LogP contribution is 2.33. The van der Waals surface area contributed by atoms with E-state index in [1.807, 2.05) is 12.1 Å². The van der Waals surface area contributed by atoms with E-state index in [1.165, 1.54) is 15.9 Å². The van der Waals surface area contributed by atoms with Crippen molar-refractivity contribution in [3.8, 4) is 16.9 Å². The summed E-state index contributed by atoms with van der Waals surface area (Å²) in [6.07, 6.45) is -0.342. The standard InChI is InChI=1S/C27H25F2N3O5/c28-20-5-1-19(23(29)14-20)15-32-24-8-4-18(17-2-6-21(7-3-17)37-12-10-30)13-22(24)27(36)31(16-25(32)33)11-9-26(34)35/h1-8,13-14H,9-12,15-16,30H2,(H,34,35). The number of hydrogen-bond donors (Lipinski definition) is 2. The van der Waals surface area contributed by atoms with Gasteiger partial charge in [-0.15, -0.1) is 0 Å². The second-order valence-electron chi connectivity index (χ2n) is 8.48. The maximum absolute atomic E-state index is 14.4. The third-order valence-corrected chi connectivity index (χ3v) is 5.95. The van der Waals surface area contributed by atoms with Crippen molar-refractivity contribution in [2.45, 2.75) is 13.0 Å². The van der Waals surface area contributed by atoms with E-state index in [9.17, 15) is 23.2 Å². The molecule has 8 nitrogen and oxygen atoms in total. The first kappa shape index (κ1) is 25.8. The first-order valence-corrected chi connectivity index (χ1v) is 11.6. The molecule has 3 aromatic rings. The number of ether oxygens (including phenoxy) is 1. The van der Waals surface area contributed by atoms with Crippen molar-refractivity contribution in [2.24, 2.45) is 5.73 Å². The summed E-state index contributed by atoms with van der Waals surface area (Å²) in [5.41, 5.74) is 7.41. The van der Waals surface area contributed by atoms with Gasteiger partial charge in [0.15, 0.2) is 0 Å². The topological polar surface area (TPSA) is 113 Å². The number of nitrogens with two attached hydrogens (primary N) is 1. The molecule has 3 aromatic carbocycles. The maximum atomic E-state index is 14.4. The van der Waals surface area contributed by atoms with Crippen LogP contribution < -0.4 is 15.4 Å². The Labute approximate surface area is 211 Å². The number of fused-ring (bicyclic) bond motifs is 1. The summed E-state index contributed by atoms with van der Waals surface area (Å²) >= 11 is 0. The molecule has 0 atom stereocenters. The maximum Gasteiger partial charge on any atom is 0.305 e. The number of carboxylic acid groups (broad SMARTS) is 1. The number of hydrogen-bond acceptors (Lipinski definition) is 5. The molecule has 192 valence electrons. The van der Waals surface area contributed by atoms with Crippen molar-refractivity contribution in [1.29, 1.82) is 0 Å². The van der Waals surface area contributed by atoms with Gasteiger partial charge in [0, 0.05) is 24.7 Å². The third-order valence-electron chi connectivity index (χ3n) is 5.95. The zero-order valence-electron chi connectivity index (χ0n) is 19.8. The van der Waals surface area contributed by atoms with Crippen LogP contribution in [-0.4, -0.2) is 54.0 Å². The lowest BCUT2D eigenvalue weighted by Crippen LogP contribution is -2.40. The van der Waals surface area contributed by atoms with Gasteiger partial charge in [0.2, 0.25) is 5.91 Å². The van der Waals surface area contributed by atoms with Crippen LogP contribution in [0.15, 0.2) is 60.7 Å². The normalized spacial score (nSPS) is 13.4. The number of anilines is 1. The van der Waals surface area contributed by atoms with Gasteiger partial charge in [0.1, 0.15) is 30.5 Å². The van der Waals surface area contributed by atoms with Crippen LogP contribution in [0.2, 0.25) is 0 Å². The molecule has 0 aliphatic carbocycles. The van der Waals surface area contributed by atoms with Gasteiger partial charge in [0.25, 0.3) is 5.91 Å². The van der Waals surface area contributed by atoms with Crippen molar-refractivity contribution in [3.63, 3.8) is 0 Å². The fourth-order valence-electron chi connectivity index (χ4n) is 4.07. The van der Waals surface area contributed by atoms with Gasteiger partial charge in [-0.3, -0.25) is 14.4 Å². The third kappa shape index (κ3) is 5.92. The quantitative estimate of drug-likeness (QED) is 0.457. The molecule has 1 aliphatic rings. The minimum atomic E-state index is -1.11. The number of aliphatic carboxylic acids is 1. The van der Waals surface area contributed by atoms with Crippen LogP contribution in [0.4, 0.5) is 14.5 Å². The number of rotatable bonds is 9. The average Bonchev–Trinajstić information content (AvgIpc) is 2.97. The summed E-state index contributed by atoms with van der Waals surface area (Å²) in [5, 5.41) is 9.11. The number of benzene rings is 3. The molecule has 3 N–H and O–H groups in total. The van der Waals surface area contributed by atoms with Gasteiger partial charge in [-0.05, 0) is 41.5 Å². The Morgan fingerprint density at radius 2 is 1.73 bits per heavy atom. The number of halogens is 2. The molecule has 10 heteroatoms. The summed E-state index contributed by atoms with van der Waals surface area (Å²) in [6.45, 7) is -0.0341. The molecule has 2 amide bonds. The largest absolute Gasteiger partial charge is 0.492 e. The number of nitrogens with zero attached hydrogens (tertiary/aromatic N) is 2. The van der Waals surface area contributed by atoms with Crippen molar-refractivity contribution < 1.29 is 33.0 Å². The molecule has 0 saturated heterocycles. The molecule has 1 aliphatic heterocycles. The fourth-order valence-corrected chi connectivity index (χ4v) is 4.07. The molecule has 0 fully saturated rings. The van der Waals surface area contributed by atoms with Crippen molar-refractivity contribution >= 4 is 23.5 Å². The van der Waals surface area contributed by atoms with Crippen molar-refractivity contribution in [2.75, 3.05) is 31.1 Å². The van der Waals surface area contributed by atoms with E-state index < -0.39 is 29.4 Å². The first-order valence-electron chi connectivity index (χ1n) is 11.6. The van der Waals surface area contributed by atoms with Crippen LogP contribution in [0.3, 0.4) is 0 Å². The molecule has 0 radical (unpaired) electrons. The lowest BCUT2D eigenvalue weighted by molar-refractivity contribution is -0.137. The van der Waals surface area contributed by atoms with Gasteiger partial charge < -0.3 is 25.4 Å². The Morgan fingerprint density at radius 1 is 1.00 bits per heavy atom. The molecule has 0 saturated carbocycles. The molecule has 37 heavy (non-hydrogen) atoms. The summed E-state index contributed by atoms with van der Waals surface area (Å²) in [6, 6.07) is 15.2. The highest BCUT2D eigenvalue weighted by atomic mass is 19.1. The smallest absolute Gasteiger partial charge is 0.305 e. The van der Waals surface area contributed by atoms with E-state index in [0.717, 1.165) is 17.7 Å². The molecule has 0 unspecified atom stereocenters. The van der Waals surface area contributed by atoms with E-state index >= 15 is 0 Å². The Balaban J connectivity index is 1.73. The van der Waals surface area contributed by atoms with Crippen LogP contribution in [0.5, 0.6) is 5.75 Å². The first-order chi connectivity index (χ1) is 17.8. The molecule has 0 spiro atoms. The molecule has 1 heterocycles. The van der Waals surface area contributed by atoms with Crippen LogP contribution in [0.1, 0.15) is 22.3 Å². The lowest BCUT2D eigenvalue weighted by Gasteiger charge is -2.23. The van der Waals surface area contributed by atoms with Crippen molar-refractivity contribution in [1.82, 2.24) is 4.90 Å². The van der Waals surface area contributed by atoms with E-state index in [4.69, 9.17) is 15.6 Å². The Kier molecular flexibility index (Phi) is 7.78. The minimum Gasteiger partial charge on any atom is -0.492 e. The second kappa shape index (κ2) is 11.2. The predicted octanol–water partition coefficient (Wildman–Crippen LogP) is 3.43. The van der Waals surface area contributed by atoms with E-state index in [0.29, 0.717) is 24.5 Å². The summed E-state index contributed by atoms with van der Waals surface area (Å²) in [4.78, 5) is 40.2. The minimum absolute atomic E-state index is 0.0734. The summed E-state index contributed by atoms with van der Waals surface area (Å²) in [5.74, 6) is -3.07. The van der Waals surface area contributed by atoms with E-state index in [1.54, 1.807) is 30.3 Å².